The number of hydrogen-bond acceptors (Lipinski definition) is 3. The minimum atomic E-state index is -0.400. The molecular weight excluding hydrogens is 284 g/mol. The molecule has 0 aromatic carbocycles. The molecule has 0 spiro atoms. The molecule has 4 nitrogen and oxygen atoms in total. The van der Waals surface area contributed by atoms with Crippen LogP contribution in [0.25, 0.3) is 0 Å². The number of ether oxygens (including phenoxy) is 1. The van der Waals surface area contributed by atoms with Crippen molar-refractivity contribution in [2.45, 2.75) is 52.4 Å². The van der Waals surface area contributed by atoms with E-state index in [1.807, 2.05) is 25.5 Å². The van der Waals surface area contributed by atoms with Crippen molar-refractivity contribution in [1.82, 2.24) is 9.78 Å². The zero-order chi connectivity index (χ0) is 13.0. The Bertz CT molecular complexity index is 366. The lowest BCUT2D eigenvalue weighted by Crippen LogP contribution is -2.20. The first-order valence-electron chi connectivity index (χ1n) is 5.92. The van der Waals surface area contributed by atoms with E-state index in [4.69, 9.17) is 4.74 Å². The van der Waals surface area contributed by atoms with Gasteiger partial charge in [0.1, 0.15) is 0 Å². The standard InChI is InChI=1S/C12H21BrN2O2/c1-5-15-11(12(13)9(3)14-15)7-10(16)6-8(2)17-4/h8,10,16H,5-7H2,1-4H3. The number of aliphatic hydroxyl groups excluding tert-OH is 1. The van der Waals surface area contributed by atoms with E-state index in [-0.39, 0.29) is 6.10 Å². The maximum atomic E-state index is 10.0. The Kier molecular flexibility index (Phi) is 5.62. The number of halogens is 1. The van der Waals surface area contributed by atoms with Gasteiger partial charge in [-0.2, -0.15) is 5.10 Å². The number of aliphatic hydroxyl groups is 1. The predicted molar refractivity (Wildman–Crippen MR) is 71.1 cm³/mol. The Hall–Kier alpha value is -0.390. The second-order valence-corrected chi connectivity index (χ2v) is 5.09. The fourth-order valence-electron chi connectivity index (χ4n) is 1.85. The number of aryl methyl sites for hydroxylation is 2. The second kappa shape index (κ2) is 6.52. The van der Waals surface area contributed by atoms with Crippen molar-refractivity contribution in [2.24, 2.45) is 0 Å². The topological polar surface area (TPSA) is 47.3 Å². The molecule has 98 valence electrons. The number of nitrogens with zero attached hydrogens (tertiary/aromatic N) is 2. The third-order valence-corrected chi connectivity index (χ3v) is 3.92. The zero-order valence-corrected chi connectivity index (χ0v) is 12.5. The van der Waals surface area contributed by atoms with Crippen LogP contribution in [0.3, 0.4) is 0 Å². The van der Waals surface area contributed by atoms with Gasteiger partial charge in [-0.25, -0.2) is 0 Å². The number of hydrogen-bond donors (Lipinski definition) is 1. The van der Waals surface area contributed by atoms with E-state index >= 15 is 0 Å². The summed E-state index contributed by atoms with van der Waals surface area (Å²) in [6.07, 6.45) is 0.908. The van der Waals surface area contributed by atoms with Crippen LogP contribution in [0.2, 0.25) is 0 Å². The normalized spacial score (nSPS) is 14.9. The summed E-state index contributed by atoms with van der Waals surface area (Å²) < 4.78 is 8.09. The fraction of sp³-hybridized carbons (Fsp3) is 0.750. The third-order valence-electron chi connectivity index (χ3n) is 2.89. The molecule has 0 radical (unpaired) electrons. The molecule has 0 saturated carbocycles. The van der Waals surface area contributed by atoms with Crippen LogP contribution >= 0.6 is 15.9 Å². The van der Waals surface area contributed by atoms with Crippen molar-refractivity contribution in [2.75, 3.05) is 7.11 Å². The van der Waals surface area contributed by atoms with E-state index < -0.39 is 6.10 Å². The predicted octanol–water partition coefficient (Wildman–Crippen LogP) is 2.30. The second-order valence-electron chi connectivity index (χ2n) is 4.30. The molecule has 5 heteroatoms. The van der Waals surface area contributed by atoms with Crippen molar-refractivity contribution < 1.29 is 9.84 Å². The van der Waals surface area contributed by atoms with E-state index in [2.05, 4.69) is 21.0 Å². The fourth-order valence-corrected chi connectivity index (χ4v) is 2.30. The summed E-state index contributed by atoms with van der Waals surface area (Å²) >= 11 is 3.53. The van der Waals surface area contributed by atoms with Crippen LogP contribution in [-0.2, 0) is 17.7 Å². The summed E-state index contributed by atoms with van der Waals surface area (Å²) in [6.45, 7) is 6.78. The minimum Gasteiger partial charge on any atom is -0.393 e. The molecule has 1 aromatic rings. The maximum Gasteiger partial charge on any atom is 0.0738 e. The number of aromatic nitrogens is 2. The number of methoxy groups -OCH3 is 1. The minimum absolute atomic E-state index is 0.0721. The molecule has 0 fully saturated rings. The highest BCUT2D eigenvalue weighted by Gasteiger charge is 2.17. The van der Waals surface area contributed by atoms with E-state index in [1.165, 1.54) is 0 Å². The van der Waals surface area contributed by atoms with Gasteiger partial charge in [-0.1, -0.05) is 0 Å². The Morgan fingerprint density at radius 2 is 2.18 bits per heavy atom. The molecule has 2 unspecified atom stereocenters. The van der Waals surface area contributed by atoms with Crippen LogP contribution in [0, 0.1) is 6.92 Å². The molecular formula is C12H21BrN2O2. The number of rotatable bonds is 6. The lowest BCUT2D eigenvalue weighted by molar-refractivity contribution is 0.0557. The van der Waals surface area contributed by atoms with Crippen LogP contribution in [0.1, 0.15) is 31.7 Å². The average Bonchev–Trinajstić information content (AvgIpc) is 2.56. The molecule has 0 bridgehead atoms. The monoisotopic (exact) mass is 304 g/mol. The van der Waals surface area contributed by atoms with Gasteiger partial charge in [0, 0.05) is 20.1 Å². The van der Waals surface area contributed by atoms with Gasteiger partial charge in [-0.3, -0.25) is 4.68 Å². The molecule has 1 N–H and O–H groups in total. The van der Waals surface area contributed by atoms with Crippen LogP contribution in [-0.4, -0.2) is 34.2 Å². The highest BCUT2D eigenvalue weighted by atomic mass is 79.9. The summed E-state index contributed by atoms with van der Waals surface area (Å²) in [5.41, 5.74) is 2.02. The van der Waals surface area contributed by atoms with Gasteiger partial charge in [0.05, 0.1) is 28.1 Å². The smallest absolute Gasteiger partial charge is 0.0738 e. The summed E-state index contributed by atoms with van der Waals surface area (Å²) in [4.78, 5) is 0. The molecule has 1 aromatic heterocycles. The van der Waals surface area contributed by atoms with Gasteiger partial charge in [-0.05, 0) is 43.1 Å². The van der Waals surface area contributed by atoms with Gasteiger partial charge in [-0.15, -0.1) is 0 Å². The molecule has 17 heavy (non-hydrogen) atoms. The largest absolute Gasteiger partial charge is 0.393 e. The summed E-state index contributed by atoms with van der Waals surface area (Å²) in [5.74, 6) is 0. The SMILES string of the molecule is CCn1nc(C)c(Br)c1CC(O)CC(C)OC. The highest BCUT2D eigenvalue weighted by Crippen LogP contribution is 2.23. The lowest BCUT2D eigenvalue weighted by Gasteiger charge is -2.16. The van der Waals surface area contributed by atoms with Gasteiger partial charge in [0.2, 0.25) is 0 Å². The highest BCUT2D eigenvalue weighted by molar-refractivity contribution is 9.10. The summed E-state index contributed by atoms with van der Waals surface area (Å²) in [6, 6.07) is 0. The maximum absolute atomic E-state index is 10.0. The lowest BCUT2D eigenvalue weighted by atomic mass is 10.1. The molecule has 0 aliphatic rings. The molecule has 1 rings (SSSR count). The van der Waals surface area contributed by atoms with Crippen LogP contribution in [0.5, 0.6) is 0 Å². The van der Waals surface area contributed by atoms with E-state index in [1.54, 1.807) is 7.11 Å². The molecule has 0 saturated heterocycles. The molecule has 0 aliphatic heterocycles. The quantitative estimate of drug-likeness (QED) is 0.877. The van der Waals surface area contributed by atoms with E-state index in [0.29, 0.717) is 12.8 Å². The van der Waals surface area contributed by atoms with Gasteiger partial charge < -0.3 is 9.84 Å². The average molecular weight is 305 g/mol. The first-order valence-corrected chi connectivity index (χ1v) is 6.71. The van der Waals surface area contributed by atoms with E-state index in [9.17, 15) is 5.11 Å². The Balaban J connectivity index is 2.73. The first-order chi connectivity index (χ1) is 7.99. The van der Waals surface area contributed by atoms with Crippen molar-refractivity contribution in [1.29, 1.82) is 0 Å². The van der Waals surface area contributed by atoms with Crippen LogP contribution in [0.4, 0.5) is 0 Å². The van der Waals surface area contributed by atoms with Crippen molar-refractivity contribution >= 4 is 15.9 Å². The molecule has 0 amide bonds. The van der Waals surface area contributed by atoms with E-state index in [0.717, 1.165) is 22.4 Å². The summed E-state index contributed by atoms with van der Waals surface area (Å²) in [7, 11) is 1.66. The van der Waals surface area contributed by atoms with Crippen molar-refractivity contribution in [3.63, 3.8) is 0 Å². The summed E-state index contributed by atoms with van der Waals surface area (Å²) in [5, 5.41) is 14.4. The third kappa shape index (κ3) is 3.79. The Morgan fingerprint density at radius 1 is 1.53 bits per heavy atom. The Labute approximate surface area is 111 Å². The van der Waals surface area contributed by atoms with Gasteiger partial charge in [0.25, 0.3) is 0 Å². The van der Waals surface area contributed by atoms with Gasteiger partial charge in [0.15, 0.2) is 0 Å². The molecule has 0 aliphatic carbocycles. The van der Waals surface area contributed by atoms with Crippen LogP contribution < -0.4 is 0 Å². The van der Waals surface area contributed by atoms with Crippen molar-refractivity contribution in [3.05, 3.63) is 15.9 Å². The zero-order valence-electron chi connectivity index (χ0n) is 10.9. The van der Waals surface area contributed by atoms with Crippen molar-refractivity contribution in [3.8, 4) is 0 Å². The van der Waals surface area contributed by atoms with Gasteiger partial charge >= 0.3 is 0 Å². The first kappa shape index (κ1) is 14.7. The molecule has 1 heterocycles. The molecule has 2 atom stereocenters. The van der Waals surface area contributed by atoms with Crippen LogP contribution in [0.15, 0.2) is 4.47 Å². The Morgan fingerprint density at radius 3 is 2.71 bits per heavy atom.